The van der Waals surface area contributed by atoms with Crippen LogP contribution in [0.3, 0.4) is 0 Å². The molecule has 1 aliphatic heterocycles. The van der Waals surface area contributed by atoms with Crippen molar-refractivity contribution in [1.29, 1.82) is 0 Å². The van der Waals surface area contributed by atoms with E-state index in [1.54, 1.807) is 12.1 Å². The van der Waals surface area contributed by atoms with Gasteiger partial charge in [0.05, 0.1) is 11.8 Å². The summed E-state index contributed by atoms with van der Waals surface area (Å²) in [6, 6.07) is 5.93. The van der Waals surface area contributed by atoms with Gasteiger partial charge in [0, 0.05) is 15.2 Å². The van der Waals surface area contributed by atoms with Crippen LogP contribution in [0, 0.1) is 30.6 Å². The molecule has 1 saturated heterocycles. The van der Waals surface area contributed by atoms with Crippen LogP contribution in [0.4, 0.5) is 0 Å². The van der Waals surface area contributed by atoms with E-state index in [9.17, 15) is 19.2 Å². The first-order chi connectivity index (χ1) is 14.1. The van der Waals surface area contributed by atoms with Gasteiger partial charge in [-0.1, -0.05) is 61.7 Å². The van der Waals surface area contributed by atoms with Gasteiger partial charge in [0.15, 0.2) is 6.10 Å². The molecule has 2 amide bonds. The molecule has 1 aromatic rings. The van der Waals surface area contributed by atoms with E-state index in [0.717, 1.165) is 16.9 Å². The SMILES string of the molecule is Cc1ccc(C(=O)[C@H](C)OC(=O)[C@H](C)N2C(=O)[C@@H]3[C@@H]4C[C@H]([C@H](Br)[C@@H]4Br)[C@@H]3C2=O)cc1. The molecule has 0 unspecified atom stereocenters. The number of nitrogens with zero attached hydrogens (tertiary/aromatic N) is 1. The summed E-state index contributed by atoms with van der Waals surface area (Å²) in [7, 11) is 0. The molecule has 8 atom stereocenters. The molecule has 0 N–H and O–H groups in total. The fourth-order valence-corrected chi connectivity index (χ4v) is 7.01. The van der Waals surface area contributed by atoms with Crippen molar-refractivity contribution in [2.45, 2.75) is 49.0 Å². The Morgan fingerprint density at radius 3 is 2.00 bits per heavy atom. The largest absolute Gasteiger partial charge is 0.453 e. The Morgan fingerprint density at radius 2 is 1.50 bits per heavy atom. The van der Waals surface area contributed by atoms with Crippen LogP contribution >= 0.6 is 31.9 Å². The number of benzene rings is 1. The number of amides is 2. The first-order valence-electron chi connectivity index (χ1n) is 10.1. The van der Waals surface area contributed by atoms with E-state index in [1.165, 1.54) is 13.8 Å². The second kappa shape index (κ2) is 7.86. The predicted octanol–water partition coefficient (Wildman–Crippen LogP) is 3.28. The lowest BCUT2D eigenvalue weighted by molar-refractivity contribution is -0.160. The molecule has 6 nitrogen and oxygen atoms in total. The molecule has 2 bridgehead atoms. The Kier molecular flexibility index (Phi) is 5.68. The summed E-state index contributed by atoms with van der Waals surface area (Å²) in [6.07, 6.45) is -0.182. The van der Waals surface area contributed by atoms with E-state index in [0.29, 0.717) is 5.56 Å². The molecular weight excluding hydrogens is 518 g/mol. The van der Waals surface area contributed by atoms with Crippen LogP contribution in [0.5, 0.6) is 0 Å². The predicted molar refractivity (Wildman–Crippen MR) is 116 cm³/mol. The van der Waals surface area contributed by atoms with Gasteiger partial charge < -0.3 is 4.74 Å². The van der Waals surface area contributed by atoms with Crippen LogP contribution in [0.2, 0.25) is 0 Å². The van der Waals surface area contributed by atoms with E-state index in [4.69, 9.17) is 4.74 Å². The van der Waals surface area contributed by atoms with Crippen molar-refractivity contribution in [3.8, 4) is 0 Å². The van der Waals surface area contributed by atoms with Crippen LogP contribution in [-0.2, 0) is 19.1 Å². The average molecular weight is 541 g/mol. The first-order valence-corrected chi connectivity index (χ1v) is 11.9. The van der Waals surface area contributed by atoms with Crippen LogP contribution in [-0.4, -0.2) is 50.3 Å². The highest BCUT2D eigenvalue weighted by atomic mass is 79.9. The molecule has 0 spiro atoms. The fraction of sp³-hybridized carbons (Fsp3) is 0.545. The standard InChI is InChI=1S/C22H23Br2NO5/c1-9-4-6-12(7-5-9)19(26)11(3)30-22(29)10(2)25-20(27)15-13-8-14(16(15)21(25)28)18(24)17(13)23/h4-7,10-11,13-18H,8H2,1-3H3/t10-,11-,13-,14-,15-,16+,17-,18+/m0/s1. The number of hydrogen-bond acceptors (Lipinski definition) is 5. The zero-order chi connectivity index (χ0) is 21.9. The molecule has 0 aromatic heterocycles. The molecule has 4 rings (SSSR count). The van der Waals surface area contributed by atoms with Crippen LogP contribution < -0.4 is 0 Å². The summed E-state index contributed by atoms with van der Waals surface area (Å²) in [5.74, 6) is -2.29. The third-order valence-corrected chi connectivity index (χ3v) is 9.95. The summed E-state index contributed by atoms with van der Waals surface area (Å²) in [4.78, 5) is 52.7. The molecule has 8 heteroatoms. The van der Waals surface area contributed by atoms with E-state index in [2.05, 4.69) is 31.9 Å². The van der Waals surface area contributed by atoms with Crippen molar-refractivity contribution in [1.82, 2.24) is 4.90 Å². The Hall–Kier alpha value is -1.54. The maximum Gasteiger partial charge on any atom is 0.329 e. The number of esters is 1. The van der Waals surface area contributed by atoms with Crippen molar-refractivity contribution < 1.29 is 23.9 Å². The molecule has 160 valence electrons. The van der Waals surface area contributed by atoms with Gasteiger partial charge in [-0.3, -0.25) is 19.3 Å². The van der Waals surface area contributed by atoms with Gasteiger partial charge in [-0.15, -0.1) is 0 Å². The van der Waals surface area contributed by atoms with Crippen molar-refractivity contribution in [3.05, 3.63) is 35.4 Å². The minimum atomic E-state index is -1.06. The summed E-state index contributed by atoms with van der Waals surface area (Å²) in [5.41, 5.74) is 1.46. The lowest BCUT2D eigenvalue weighted by Crippen LogP contribution is -2.46. The quantitative estimate of drug-likeness (QED) is 0.248. The number of likely N-dealkylation sites (tertiary alicyclic amines) is 1. The normalized spacial score (nSPS) is 34.1. The van der Waals surface area contributed by atoms with E-state index in [-0.39, 0.29) is 50.9 Å². The fourth-order valence-electron chi connectivity index (χ4n) is 5.14. The summed E-state index contributed by atoms with van der Waals surface area (Å²) < 4.78 is 5.35. The summed E-state index contributed by atoms with van der Waals surface area (Å²) in [5, 5.41) is 0. The number of rotatable bonds is 5. The van der Waals surface area contributed by atoms with Gasteiger partial charge in [-0.25, -0.2) is 4.79 Å². The number of aryl methyl sites for hydroxylation is 1. The summed E-state index contributed by atoms with van der Waals surface area (Å²) in [6.45, 7) is 4.91. The van der Waals surface area contributed by atoms with Crippen LogP contribution in [0.1, 0.15) is 36.2 Å². The molecule has 1 aromatic carbocycles. The van der Waals surface area contributed by atoms with Crippen molar-refractivity contribution in [2.75, 3.05) is 0 Å². The first kappa shape index (κ1) is 21.7. The molecular formula is C22H23Br2NO5. The van der Waals surface area contributed by atoms with Crippen molar-refractivity contribution in [3.63, 3.8) is 0 Å². The van der Waals surface area contributed by atoms with Crippen molar-refractivity contribution >= 4 is 55.4 Å². The monoisotopic (exact) mass is 539 g/mol. The Morgan fingerprint density at radius 1 is 1.00 bits per heavy atom. The number of carbonyl (C=O) groups excluding carboxylic acids is 4. The van der Waals surface area contributed by atoms with Crippen LogP contribution in [0.25, 0.3) is 0 Å². The lowest BCUT2D eigenvalue weighted by atomic mass is 9.81. The Labute approximate surface area is 192 Å². The number of fused-ring (bicyclic) bond motifs is 5. The highest BCUT2D eigenvalue weighted by molar-refractivity contribution is 9.12. The van der Waals surface area contributed by atoms with E-state index < -0.39 is 18.1 Å². The topological polar surface area (TPSA) is 80.8 Å². The molecule has 1 heterocycles. The van der Waals surface area contributed by atoms with Gasteiger partial charge in [0.1, 0.15) is 6.04 Å². The number of ketones is 1. The highest BCUT2D eigenvalue weighted by Gasteiger charge is 2.67. The third-order valence-electron chi connectivity index (χ3n) is 6.75. The van der Waals surface area contributed by atoms with Gasteiger partial charge in [0.25, 0.3) is 0 Å². The smallest absolute Gasteiger partial charge is 0.329 e. The van der Waals surface area contributed by atoms with Gasteiger partial charge in [-0.05, 0) is 39.0 Å². The Balaban J connectivity index is 1.45. The minimum Gasteiger partial charge on any atom is -0.453 e. The summed E-state index contributed by atoms with van der Waals surface area (Å²) >= 11 is 7.30. The zero-order valence-corrected chi connectivity index (χ0v) is 20.1. The molecule has 3 fully saturated rings. The van der Waals surface area contributed by atoms with Crippen LogP contribution in [0.15, 0.2) is 24.3 Å². The maximum absolute atomic E-state index is 13.1. The van der Waals surface area contributed by atoms with E-state index >= 15 is 0 Å². The number of ether oxygens (including phenoxy) is 1. The number of Topliss-reactive ketones (excluding diaryl/α,β-unsaturated/α-hetero) is 1. The minimum absolute atomic E-state index is 0.0797. The van der Waals surface area contributed by atoms with Gasteiger partial charge in [-0.2, -0.15) is 0 Å². The maximum atomic E-state index is 13.1. The number of carbonyl (C=O) groups is 4. The number of hydrogen-bond donors (Lipinski definition) is 0. The zero-order valence-electron chi connectivity index (χ0n) is 16.9. The third kappa shape index (κ3) is 3.27. The molecule has 0 radical (unpaired) electrons. The molecule has 3 aliphatic rings. The highest BCUT2D eigenvalue weighted by Crippen LogP contribution is 2.60. The Bertz CT molecular complexity index is 885. The number of alkyl halides is 2. The molecule has 2 saturated carbocycles. The molecule has 2 aliphatic carbocycles. The molecule has 30 heavy (non-hydrogen) atoms. The average Bonchev–Trinajstić information content (AvgIpc) is 3.32. The van der Waals surface area contributed by atoms with Gasteiger partial charge in [0.2, 0.25) is 17.6 Å². The lowest BCUT2D eigenvalue weighted by Gasteiger charge is -2.28. The number of halogens is 2. The van der Waals surface area contributed by atoms with E-state index in [1.807, 2.05) is 19.1 Å². The number of imide groups is 1. The second-order valence-corrected chi connectivity index (χ2v) is 10.7. The van der Waals surface area contributed by atoms with Gasteiger partial charge >= 0.3 is 5.97 Å². The second-order valence-electron chi connectivity index (χ2n) is 8.54. The van der Waals surface area contributed by atoms with Crippen molar-refractivity contribution in [2.24, 2.45) is 23.7 Å².